The molecule has 0 aliphatic carbocycles. The van der Waals surface area contributed by atoms with Crippen molar-refractivity contribution < 1.29 is 22.7 Å². The standard InChI is InChI=1S/C23H23ClF3N3O2/c1-3-29(4-2)13-14-32-22(31)17-11-9-16(10-12-17)20-15-21(23(25,26)27)28-30(20)19-8-6-5-7-18(19)24/h5-12,15H,3-4,13-14H2,1-2H3. The number of carbonyl (C=O) groups excluding carboxylic acids is 1. The average molecular weight is 466 g/mol. The van der Waals surface area contributed by atoms with E-state index in [9.17, 15) is 18.0 Å². The van der Waals surface area contributed by atoms with Crippen molar-refractivity contribution >= 4 is 17.6 Å². The number of carbonyl (C=O) groups is 1. The van der Waals surface area contributed by atoms with Crippen LogP contribution in [-0.4, -0.2) is 46.9 Å². The number of hydrogen-bond donors (Lipinski definition) is 0. The van der Waals surface area contributed by atoms with Crippen LogP contribution in [0.15, 0.2) is 54.6 Å². The van der Waals surface area contributed by atoms with Crippen LogP contribution in [0, 0.1) is 0 Å². The Hall–Kier alpha value is -2.84. The summed E-state index contributed by atoms with van der Waals surface area (Å²) in [6.45, 7) is 6.68. The number of aromatic nitrogens is 2. The molecular weight excluding hydrogens is 443 g/mol. The number of alkyl halides is 3. The van der Waals surface area contributed by atoms with Crippen molar-refractivity contribution in [2.45, 2.75) is 20.0 Å². The van der Waals surface area contributed by atoms with Crippen molar-refractivity contribution in [2.24, 2.45) is 0 Å². The Kier molecular flexibility index (Phi) is 7.58. The highest BCUT2D eigenvalue weighted by molar-refractivity contribution is 6.32. The fourth-order valence-electron chi connectivity index (χ4n) is 3.20. The zero-order valence-electron chi connectivity index (χ0n) is 17.7. The summed E-state index contributed by atoms with van der Waals surface area (Å²) in [5.74, 6) is -0.487. The Morgan fingerprint density at radius 3 is 2.34 bits per heavy atom. The van der Waals surface area contributed by atoms with Crippen LogP contribution in [0.5, 0.6) is 0 Å². The van der Waals surface area contributed by atoms with E-state index in [4.69, 9.17) is 16.3 Å². The molecule has 0 amide bonds. The SMILES string of the molecule is CCN(CC)CCOC(=O)c1ccc(-c2cc(C(F)(F)F)nn2-c2ccccc2Cl)cc1. The first-order chi connectivity index (χ1) is 15.2. The zero-order chi connectivity index (χ0) is 23.3. The van der Waals surface area contributed by atoms with Crippen molar-refractivity contribution in [3.05, 3.63) is 70.9 Å². The first-order valence-electron chi connectivity index (χ1n) is 10.2. The van der Waals surface area contributed by atoms with Gasteiger partial charge in [-0.1, -0.05) is 49.7 Å². The van der Waals surface area contributed by atoms with Gasteiger partial charge in [-0.25, -0.2) is 9.48 Å². The van der Waals surface area contributed by atoms with Gasteiger partial charge in [-0.2, -0.15) is 18.3 Å². The maximum atomic E-state index is 13.3. The molecule has 3 rings (SSSR count). The summed E-state index contributed by atoms with van der Waals surface area (Å²) in [5.41, 5.74) is 0.250. The fraction of sp³-hybridized carbons (Fsp3) is 0.304. The number of likely N-dealkylation sites (N-methyl/N-ethyl adjacent to an activating group) is 1. The van der Waals surface area contributed by atoms with Crippen LogP contribution < -0.4 is 0 Å². The smallest absolute Gasteiger partial charge is 0.435 e. The molecule has 32 heavy (non-hydrogen) atoms. The maximum absolute atomic E-state index is 13.3. The molecule has 0 aliphatic rings. The van der Waals surface area contributed by atoms with Gasteiger partial charge in [-0.3, -0.25) is 0 Å². The second kappa shape index (κ2) is 10.2. The van der Waals surface area contributed by atoms with Crippen molar-refractivity contribution in [3.8, 4) is 16.9 Å². The summed E-state index contributed by atoms with van der Waals surface area (Å²) in [5, 5.41) is 3.99. The van der Waals surface area contributed by atoms with Crippen LogP contribution in [0.25, 0.3) is 16.9 Å². The van der Waals surface area contributed by atoms with Gasteiger partial charge in [-0.15, -0.1) is 0 Å². The van der Waals surface area contributed by atoms with E-state index >= 15 is 0 Å². The highest BCUT2D eigenvalue weighted by atomic mass is 35.5. The normalized spacial score (nSPS) is 11.7. The van der Waals surface area contributed by atoms with E-state index in [-0.39, 0.29) is 17.3 Å². The molecule has 2 aromatic carbocycles. The number of nitrogens with zero attached hydrogens (tertiary/aromatic N) is 3. The first-order valence-corrected chi connectivity index (χ1v) is 10.5. The van der Waals surface area contributed by atoms with Gasteiger partial charge < -0.3 is 9.64 Å². The van der Waals surface area contributed by atoms with E-state index in [1.807, 2.05) is 13.8 Å². The van der Waals surface area contributed by atoms with E-state index in [1.54, 1.807) is 36.4 Å². The van der Waals surface area contributed by atoms with Gasteiger partial charge in [0.25, 0.3) is 0 Å². The van der Waals surface area contributed by atoms with Crippen LogP contribution in [-0.2, 0) is 10.9 Å². The van der Waals surface area contributed by atoms with Gasteiger partial charge in [0.2, 0.25) is 0 Å². The molecule has 0 N–H and O–H groups in total. The second-order valence-corrected chi connectivity index (χ2v) is 7.42. The molecule has 3 aromatic rings. The lowest BCUT2D eigenvalue weighted by Crippen LogP contribution is -2.27. The number of rotatable bonds is 8. The third-order valence-electron chi connectivity index (χ3n) is 5.03. The topological polar surface area (TPSA) is 47.4 Å². The Morgan fingerprint density at radius 1 is 1.09 bits per heavy atom. The number of benzene rings is 2. The quantitative estimate of drug-likeness (QED) is 0.400. The zero-order valence-corrected chi connectivity index (χ0v) is 18.5. The number of hydrogen-bond acceptors (Lipinski definition) is 4. The van der Waals surface area contributed by atoms with Crippen molar-refractivity contribution in [1.29, 1.82) is 0 Å². The van der Waals surface area contributed by atoms with Crippen LogP contribution >= 0.6 is 11.6 Å². The van der Waals surface area contributed by atoms with Crippen LogP contribution in [0.4, 0.5) is 13.2 Å². The van der Waals surface area contributed by atoms with Crippen LogP contribution in [0.2, 0.25) is 5.02 Å². The lowest BCUT2D eigenvalue weighted by molar-refractivity contribution is -0.141. The molecule has 0 aliphatic heterocycles. The Labute approximate surface area is 189 Å². The average Bonchev–Trinajstić information content (AvgIpc) is 3.23. The van der Waals surface area contributed by atoms with Crippen LogP contribution in [0.1, 0.15) is 29.9 Å². The lowest BCUT2D eigenvalue weighted by Gasteiger charge is -2.17. The summed E-state index contributed by atoms with van der Waals surface area (Å²) in [7, 11) is 0. The molecule has 5 nitrogen and oxygen atoms in total. The molecule has 0 fully saturated rings. The third kappa shape index (κ3) is 5.49. The van der Waals surface area contributed by atoms with E-state index in [1.165, 1.54) is 12.1 Å². The highest BCUT2D eigenvalue weighted by Crippen LogP contribution is 2.34. The minimum Gasteiger partial charge on any atom is -0.461 e. The lowest BCUT2D eigenvalue weighted by atomic mass is 10.1. The summed E-state index contributed by atoms with van der Waals surface area (Å²) >= 11 is 6.19. The van der Waals surface area contributed by atoms with Gasteiger partial charge in [0.05, 0.1) is 22.0 Å². The summed E-state index contributed by atoms with van der Waals surface area (Å²) in [4.78, 5) is 14.4. The van der Waals surface area contributed by atoms with Crippen molar-refractivity contribution in [2.75, 3.05) is 26.2 Å². The number of halogens is 4. The first kappa shape index (κ1) is 23.8. The minimum atomic E-state index is -4.62. The monoisotopic (exact) mass is 465 g/mol. The van der Waals surface area contributed by atoms with E-state index in [0.717, 1.165) is 23.8 Å². The van der Waals surface area contributed by atoms with E-state index in [0.29, 0.717) is 23.4 Å². The summed E-state index contributed by atoms with van der Waals surface area (Å²) < 4.78 is 46.5. The molecule has 0 unspecified atom stereocenters. The maximum Gasteiger partial charge on any atom is 0.435 e. The molecule has 170 valence electrons. The van der Waals surface area contributed by atoms with E-state index < -0.39 is 17.8 Å². The predicted molar refractivity (Wildman–Crippen MR) is 117 cm³/mol. The number of ether oxygens (including phenoxy) is 1. The Morgan fingerprint density at radius 2 is 1.75 bits per heavy atom. The minimum absolute atomic E-state index is 0.201. The van der Waals surface area contributed by atoms with Crippen LogP contribution in [0.3, 0.4) is 0 Å². The molecule has 0 bridgehead atoms. The fourth-order valence-corrected chi connectivity index (χ4v) is 3.42. The van der Waals surface area contributed by atoms with Crippen molar-refractivity contribution in [1.82, 2.24) is 14.7 Å². The highest BCUT2D eigenvalue weighted by Gasteiger charge is 2.35. The van der Waals surface area contributed by atoms with Gasteiger partial charge in [0.15, 0.2) is 5.69 Å². The third-order valence-corrected chi connectivity index (χ3v) is 5.35. The molecule has 0 saturated carbocycles. The number of esters is 1. The molecular formula is C23H23ClF3N3O2. The van der Waals surface area contributed by atoms with Gasteiger partial charge in [-0.05, 0) is 43.4 Å². The predicted octanol–water partition coefficient (Wildman–Crippen LogP) is 5.71. The summed E-state index contributed by atoms with van der Waals surface area (Å²) in [6.07, 6.45) is -4.62. The second-order valence-electron chi connectivity index (χ2n) is 7.02. The largest absolute Gasteiger partial charge is 0.461 e. The van der Waals surface area contributed by atoms with E-state index in [2.05, 4.69) is 10.00 Å². The Bertz CT molecular complexity index is 1060. The Balaban J connectivity index is 1.86. The summed E-state index contributed by atoms with van der Waals surface area (Å²) in [6, 6.07) is 13.6. The molecule has 1 heterocycles. The molecule has 0 spiro atoms. The molecule has 0 radical (unpaired) electrons. The van der Waals surface area contributed by atoms with Gasteiger partial charge >= 0.3 is 12.1 Å². The molecule has 1 aromatic heterocycles. The molecule has 0 atom stereocenters. The molecule has 0 saturated heterocycles. The molecule has 9 heteroatoms. The number of para-hydroxylation sites is 1. The van der Waals surface area contributed by atoms with Gasteiger partial charge in [0.1, 0.15) is 6.61 Å². The van der Waals surface area contributed by atoms with Gasteiger partial charge in [0, 0.05) is 12.1 Å². The van der Waals surface area contributed by atoms with Crippen molar-refractivity contribution in [3.63, 3.8) is 0 Å².